The van der Waals surface area contributed by atoms with Gasteiger partial charge in [-0.05, 0) is 196 Å². The van der Waals surface area contributed by atoms with E-state index in [0.717, 1.165) is 131 Å². The lowest BCUT2D eigenvalue weighted by molar-refractivity contribution is -0.135. The Labute approximate surface area is 856 Å². The monoisotopic (exact) mass is 2170 g/mol. The van der Waals surface area contributed by atoms with E-state index in [2.05, 4.69) is 160 Å². The van der Waals surface area contributed by atoms with E-state index in [1.807, 2.05) is 152 Å². The number of amides is 7. The first kappa shape index (κ1) is 103. The quantitative estimate of drug-likeness (QED) is 0.0414. The Morgan fingerprint density at radius 1 is 0.479 bits per heavy atom. The molecule has 1 atom stereocenters. The molecule has 7 aliphatic rings. The number of fused-ring (bicyclic) bond motifs is 6. The van der Waals surface area contributed by atoms with Crippen molar-refractivity contribution in [3.8, 4) is 16.9 Å². The number of halogens is 5. The third kappa shape index (κ3) is 22.7. The number of ether oxygens (including phenoxy) is 2. The lowest BCUT2D eigenvalue weighted by Crippen LogP contribution is -2.51. The molecule has 7 aromatic carbocycles. The zero-order chi connectivity index (χ0) is 100. The number of aromatic nitrogens is 4. The van der Waals surface area contributed by atoms with Crippen molar-refractivity contribution in [3.63, 3.8) is 0 Å². The van der Waals surface area contributed by atoms with Crippen molar-refractivity contribution < 1.29 is 62.2 Å². The van der Waals surface area contributed by atoms with Crippen LogP contribution in [0, 0.1) is 64.2 Å². The molecule has 0 bridgehead atoms. The minimum Gasteiger partial charge on any atom is -0.496 e. The molecule has 0 aliphatic carbocycles. The van der Waals surface area contributed by atoms with Gasteiger partial charge in [-0.25, -0.2) is 0 Å². The summed E-state index contributed by atoms with van der Waals surface area (Å²) in [7, 11) is 1.68. The van der Waals surface area contributed by atoms with Gasteiger partial charge in [0.2, 0.25) is 23.6 Å². The number of likely N-dealkylation sites (tertiary alicyclic amines) is 4. The summed E-state index contributed by atoms with van der Waals surface area (Å²) in [6.45, 7) is 40.5. The highest BCUT2D eigenvalue weighted by molar-refractivity contribution is 9.11. The number of morpholine rings is 1. The van der Waals surface area contributed by atoms with E-state index >= 15 is 0 Å². The molecule has 0 N–H and O–H groups in total. The smallest absolute Gasteiger partial charge is 0.256 e. The van der Waals surface area contributed by atoms with Crippen molar-refractivity contribution in [2.24, 2.45) is 29.6 Å². The summed E-state index contributed by atoms with van der Waals surface area (Å²) in [5.41, 5.74) is 18.2. The minimum atomic E-state index is -0.0910. The van der Waals surface area contributed by atoms with Gasteiger partial charge in [-0.3, -0.25) is 52.7 Å². The number of benzene rings is 7. The van der Waals surface area contributed by atoms with Crippen LogP contribution in [0.1, 0.15) is 141 Å². The van der Waals surface area contributed by atoms with Gasteiger partial charge in [0.05, 0.1) is 62.7 Å². The molecule has 0 saturated carbocycles. The third-order valence-electron chi connectivity index (χ3n) is 28.2. The number of Topliss-reactive ketones (excluding diaryl/α,β-unsaturated/α-hetero) is 4. The summed E-state index contributed by atoms with van der Waals surface area (Å²) in [4.78, 5) is 153. The first-order valence-corrected chi connectivity index (χ1v) is 51.5. The lowest BCUT2D eigenvalue weighted by atomic mass is 9.93. The zero-order valence-corrected chi connectivity index (χ0v) is 88.0. The highest BCUT2D eigenvalue weighted by Crippen LogP contribution is 2.42. The van der Waals surface area contributed by atoms with Gasteiger partial charge in [0.25, 0.3) is 17.7 Å². The Morgan fingerprint density at radius 2 is 0.943 bits per heavy atom. The SMILES string of the molecule is C=C(CCC)C(=O)N1CC(CC(=O)Cn2c(C)c(C(=O)N3CCc4c(cccc4OC)C3)c3cc(Br)ccc32)C1.C=CC(=O)N1CC(CC(=O)Cn2c(C)c(-c3ccccc3C)c3cc(Cl)ccc32)C1.C=CC(=O)N1CC(CC(=O)Cn2c(C)c(C(=O)N3CCOC(C(C)C)C3)c3cc(Br)ccc32)C1.C=CC(=O)N1CC(CC(=O)Cn2cc(C(=O)N3CCc4c(Br)cc(C)cc4C3)c3cc(Br)ccc32)C1. The summed E-state index contributed by atoms with van der Waals surface area (Å²) in [6, 6.07) is 41.9. The Balaban J connectivity index is 0.000000142. The summed E-state index contributed by atoms with van der Waals surface area (Å²) in [5.74, 6) is 2.10. The average Bonchev–Trinajstić information content (AvgIpc) is 1.61. The summed E-state index contributed by atoms with van der Waals surface area (Å²) in [5, 5.41) is 4.28. The van der Waals surface area contributed by atoms with Gasteiger partial charge in [-0.1, -0.05) is 171 Å². The summed E-state index contributed by atoms with van der Waals surface area (Å²) >= 11 is 20.6. The van der Waals surface area contributed by atoms with Gasteiger partial charge < -0.3 is 62.0 Å². The van der Waals surface area contributed by atoms with Crippen LogP contribution < -0.4 is 4.74 Å². The van der Waals surface area contributed by atoms with E-state index in [1.54, 1.807) is 26.7 Å². The van der Waals surface area contributed by atoms with E-state index in [9.17, 15) is 52.7 Å². The number of nitrogens with zero attached hydrogens (tertiary/aromatic N) is 11. The van der Waals surface area contributed by atoms with Gasteiger partial charge in [-0.2, -0.15) is 0 Å². The van der Waals surface area contributed by atoms with Crippen molar-refractivity contribution in [1.82, 2.24) is 52.6 Å². The molecular weight excluding hydrogens is 2050 g/mol. The van der Waals surface area contributed by atoms with Crippen LogP contribution in [-0.4, -0.2) is 215 Å². The molecule has 0 spiro atoms. The largest absolute Gasteiger partial charge is 0.496 e. The maximum absolute atomic E-state index is 14.0. The first-order chi connectivity index (χ1) is 67.0. The number of carbonyl (C=O) groups excluding carboxylic acids is 11. The van der Waals surface area contributed by atoms with Crippen molar-refractivity contribution in [1.29, 1.82) is 0 Å². The van der Waals surface area contributed by atoms with E-state index in [0.29, 0.717) is 170 Å². The fourth-order valence-electron chi connectivity index (χ4n) is 20.7. The van der Waals surface area contributed by atoms with E-state index < -0.39 is 0 Å². The van der Waals surface area contributed by atoms with Gasteiger partial charge in [0.15, 0.2) is 23.1 Å². The van der Waals surface area contributed by atoms with E-state index in [-0.39, 0.29) is 114 Å². The molecule has 4 aromatic heterocycles. The topological polar surface area (TPSA) is 249 Å². The van der Waals surface area contributed by atoms with Crippen LogP contribution in [-0.2, 0) is 95.2 Å². The number of carbonyl (C=O) groups is 11. The van der Waals surface area contributed by atoms with Crippen LogP contribution >= 0.6 is 75.3 Å². The van der Waals surface area contributed by atoms with Crippen molar-refractivity contribution in [2.45, 2.75) is 152 Å². The van der Waals surface area contributed by atoms with Crippen LogP contribution in [0.15, 0.2) is 202 Å². The number of aryl methyl sites for hydroxylation is 2. The van der Waals surface area contributed by atoms with Gasteiger partial charge in [0, 0.05) is 247 Å². The molecular formula is C111H120Br4ClN11O13. The zero-order valence-electron chi connectivity index (χ0n) is 80.9. The fraction of sp³-hybridized carbons (Fsp3) is 0.378. The molecule has 29 heteroatoms. The number of hydrogen-bond acceptors (Lipinski definition) is 13. The molecule has 18 rings (SSSR count). The van der Waals surface area contributed by atoms with E-state index in [1.165, 1.54) is 34.9 Å². The van der Waals surface area contributed by atoms with Gasteiger partial charge in [0.1, 0.15) is 5.75 Å². The normalized spacial score (nSPS) is 15.9. The van der Waals surface area contributed by atoms with Crippen molar-refractivity contribution >= 4 is 183 Å². The standard InChI is InChI=1S/C32H36BrN3O4.C28H27Br2N3O3.C26H32BrN3O4.C25H25ClN2O2/c1-5-7-20(2)31(38)35-16-22(17-35)14-25(37)19-36-21(3)30(27-15-24(33)10-11-28(27)36)32(39)34-13-12-26-23(18-34)8-6-9-29(26)40-4;1-3-27(35)33-12-18(13-33)10-21(34)15-32-16-24(23-11-20(29)4-5-26(23)32)28(36)31-7-6-22-19(14-31)8-17(2)9-25(22)30;1-5-24(32)29-12-18(13-29)10-20(31)14-30-17(4)25(21-11-19(27)6-7-22(21)30)26(33)28-8-9-34-23(15-28)16(2)3;1-4-24(30)27-13-18(14-27)11-20(29)15-28-17(3)25(21-8-6-5-7-16(21)2)22-12-19(26)9-10-23(22)28/h6,8-11,15,22H,2,5,7,12-14,16-19H2,1,3-4H3;3-5,8-9,11,16,18H,1,6-7,10,12-15H2,2H3;5-7,11,16,18,23H,1,8-10,12-15H2,2-4H3;4-10,12,18H,1,11,13-15H2,2-3H3. The minimum absolute atomic E-state index is 0.00492. The summed E-state index contributed by atoms with van der Waals surface area (Å²) < 4.78 is 23.1. The van der Waals surface area contributed by atoms with Gasteiger partial charge in [-0.15, -0.1) is 0 Å². The van der Waals surface area contributed by atoms with Gasteiger partial charge >= 0.3 is 0 Å². The number of rotatable bonds is 28. The molecule has 11 aromatic rings. The number of ketones is 4. The molecule has 24 nitrogen and oxygen atoms in total. The molecule has 0 radical (unpaired) electrons. The lowest BCUT2D eigenvalue weighted by Gasteiger charge is -2.39. The first-order valence-electron chi connectivity index (χ1n) is 47.9. The van der Waals surface area contributed by atoms with Crippen LogP contribution in [0.3, 0.4) is 0 Å². The number of hydrogen-bond donors (Lipinski definition) is 0. The average molecular weight is 2170 g/mol. The maximum atomic E-state index is 14.0. The molecule has 7 amide bonds. The third-order valence-corrected chi connectivity index (χ3v) is 30.6. The van der Waals surface area contributed by atoms with Crippen LogP contribution in [0.5, 0.6) is 5.75 Å². The second-order valence-corrected chi connectivity index (χ2v) is 42.5. The molecule has 11 heterocycles. The number of methoxy groups -OCH3 is 1. The predicted molar refractivity (Wildman–Crippen MR) is 563 cm³/mol. The van der Waals surface area contributed by atoms with Crippen molar-refractivity contribution in [3.05, 3.63) is 274 Å². The predicted octanol–water partition coefficient (Wildman–Crippen LogP) is 20.0. The van der Waals surface area contributed by atoms with Crippen LogP contribution in [0.2, 0.25) is 5.02 Å². The second-order valence-electron chi connectivity index (χ2n) is 38.5. The van der Waals surface area contributed by atoms with Crippen LogP contribution in [0.25, 0.3) is 54.7 Å². The van der Waals surface area contributed by atoms with Crippen LogP contribution in [0.4, 0.5) is 0 Å². The molecule has 140 heavy (non-hydrogen) atoms. The Bertz CT molecular complexity index is 6790. The highest BCUT2D eigenvalue weighted by atomic mass is 79.9. The molecule has 5 fully saturated rings. The van der Waals surface area contributed by atoms with Crippen molar-refractivity contribution in [2.75, 3.05) is 92.3 Å². The Morgan fingerprint density at radius 3 is 1.46 bits per heavy atom. The highest BCUT2D eigenvalue weighted by Gasteiger charge is 2.39. The molecule has 7 aliphatic heterocycles. The molecule has 732 valence electrons. The second kappa shape index (κ2) is 44.8. The Hall–Kier alpha value is -11.4. The fourth-order valence-corrected chi connectivity index (χ4v) is 22.8. The maximum Gasteiger partial charge on any atom is 0.256 e. The molecule has 5 saturated heterocycles. The molecule has 1 unspecified atom stereocenters. The Kier molecular flexibility index (Phi) is 33.0. The van der Waals surface area contributed by atoms with E-state index in [4.69, 9.17) is 21.1 Å². The summed E-state index contributed by atoms with van der Waals surface area (Å²) in [6.07, 6.45) is 10.6.